The maximum atomic E-state index is 5.99. The number of guanidine groups is 1. The van der Waals surface area contributed by atoms with E-state index in [0.717, 1.165) is 36.9 Å². The zero-order valence-corrected chi connectivity index (χ0v) is 17.8. The first-order chi connectivity index (χ1) is 13.6. The second-order valence-corrected chi connectivity index (χ2v) is 7.93. The molecule has 2 aromatic rings. The van der Waals surface area contributed by atoms with Crippen LogP contribution in [-0.4, -0.2) is 68.6 Å². The number of para-hydroxylation sites is 1. The first-order valence-electron chi connectivity index (χ1n) is 10.5. The number of likely N-dealkylation sites (N-methyl/N-ethyl adjacent to an activating group) is 1. The molecule has 154 valence electrons. The number of benzene rings is 1. The minimum atomic E-state index is 0.544. The number of rotatable bonds is 7. The van der Waals surface area contributed by atoms with E-state index in [2.05, 4.69) is 54.3 Å². The van der Waals surface area contributed by atoms with Crippen LogP contribution in [0.5, 0.6) is 0 Å². The molecule has 2 N–H and O–H groups in total. The lowest BCUT2D eigenvalue weighted by molar-refractivity contribution is 0.139. The van der Waals surface area contributed by atoms with Crippen LogP contribution >= 0.6 is 0 Å². The molecule has 1 aromatic carbocycles. The molecular weight excluding hydrogens is 350 g/mol. The highest BCUT2D eigenvalue weighted by atomic mass is 16.3. The third-order valence-electron chi connectivity index (χ3n) is 5.45. The van der Waals surface area contributed by atoms with Crippen LogP contribution in [0.25, 0.3) is 11.0 Å². The van der Waals surface area contributed by atoms with Crippen molar-refractivity contribution in [1.29, 1.82) is 0 Å². The lowest BCUT2D eigenvalue weighted by Crippen LogP contribution is -2.47. The summed E-state index contributed by atoms with van der Waals surface area (Å²) in [7, 11) is 2.20. The number of aliphatic imine (C=N–C) groups is 1. The number of furan rings is 1. The van der Waals surface area contributed by atoms with Gasteiger partial charge in [-0.1, -0.05) is 25.1 Å². The molecule has 1 aliphatic rings. The zero-order valence-electron chi connectivity index (χ0n) is 17.8. The second-order valence-electron chi connectivity index (χ2n) is 7.93. The molecule has 28 heavy (non-hydrogen) atoms. The highest BCUT2D eigenvalue weighted by molar-refractivity contribution is 5.82. The van der Waals surface area contributed by atoms with Crippen molar-refractivity contribution >= 4 is 16.9 Å². The van der Waals surface area contributed by atoms with Crippen LogP contribution in [-0.2, 0) is 6.54 Å². The van der Waals surface area contributed by atoms with Crippen LogP contribution in [0.1, 0.15) is 25.2 Å². The molecule has 1 aromatic heterocycles. The van der Waals surface area contributed by atoms with E-state index in [0.29, 0.717) is 12.5 Å². The number of aryl methyl sites for hydroxylation is 1. The molecule has 0 saturated carbocycles. The van der Waals surface area contributed by atoms with Gasteiger partial charge < -0.3 is 24.9 Å². The van der Waals surface area contributed by atoms with E-state index in [1.165, 1.54) is 37.1 Å². The first kappa shape index (κ1) is 20.7. The summed E-state index contributed by atoms with van der Waals surface area (Å²) in [5.41, 5.74) is 2.11. The summed E-state index contributed by atoms with van der Waals surface area (Å²) < 4.78 is 5.99. The molecule has 2 heterocycles. The van der Waals surface area contributed by atoms with Gasteiger partial charge in [-0.2, -0.15) is 0 Å². The van der Waals surface area contributed by atoms with E-state index in [9.17, 15) is 0 Å². The van der Waals surface area contributed by atoms with Gasteiger partial charge >= 0.3 is 0 Å². The minimum Gasteiger partial charge on any atom is -0.459 e. The lowest BCUT2D eigenvalue weighted by atomic mass is 10.1. The van der Waals surface area contributed by atoms with Crippen LogP contribution in [0, 0.1) is 12.8 Å². The monoisotopic (exact) mass is 385 g/mol. The average Bonchev–Trinajstić information content (AvgIpc) is 3.02. The molecule has 6 nitrogen and oxygen atoms in total. The number of piperazine rings is 1. The van der Waals surface area contributed by atoms with Gasteiger partial charge in [0.15, 0.2) is 5.96 Å². The Bertz CT molecular complexity index is 776. The van der Waals surface area contributed by atoms with Crippen molar-refractivity contribution in [1.82, 2.24) is 20.4 Å². The van der Waals surface area contributed by atoms with Crippen LogP contribution in [0.4, 0.5) is 0 Å². The summed E-state index contributed by atoms with van der Waals surface area (Å²) in [5.74, 6) is 2.36. The molecule has 1 aliphatic heterocycles. The Balaban J connectivity index is 1.54. The van der Waals surface area contributed by atoms with Crippen molar-refractivity contribution in [2.75, 3.05) is 52.9 Å². The van der Waals surface area contributed by atoms with Crippen LogP contribution < -0.4 is 10.6 Å². The minimum absolute atomic E-state index is 0.544. The van der Waals surface area contributed by atoms with Gasteiger partial charge in [-0.3, -0.25) is 0 Å². The number of hydrogen-bond acceptors (Lipinski definition) is 4. The fourth-order valence-electron chi connectivity index (χ4n) is 3.68. The smallest absolute Gasteiger partial charge is 0.191 e. The predicted molar refractivity (Wildman–Crippen MR) is 117 cm³/mol. The Labute approximate surface area is 169 Å². The number of nitrogens with zero attached hydrogens (tertiary/aromatic N) is 3. The quantitative estimate of drug-likeness (QED) is 0.567. The number of hydrogen-bond donors (Lipinski definition) is 2. The van der Waals surface area contributed by atoms with Crippen LogP contribution in [0.2, 0.25) is 0 Å². The maximum absolute atomic E-state index is 5.99. The fourth-order valence-corrected chi connectivity index (χ4v) is 3.68. The molecule has 0 spiro atoms. The normalized spacial score (nSPS) is 17.8. The van der Waals surface area contributed by atoms with Gasteiger partial charge in [-0.05, 0) is 32.9 Å². The molecule has 6 heteroatoms. The van der Waals surface area contributed by atoms with Crippen LogP contribution in [0.3, 0.4) is 0 Å². The van der Waals surface area contributed by atoms with Gasteiger partial charge in [-0.15, -0.1) is 0 Å². The molecule has 0 radical (unpaired) electrons. The lowest BCUT2D eigenvalue weighted by Gasteiger charge is -2.34. The highest BCUT2D eigenvalue weighted by Crippen LogP contribution is 2.25. The predicted octanol–water partition coefficient (Wildman–Crippen LogP) is 2.68. The zero-order chi connectivity index (χ0) is 19.9. The van der Waals surface area contributed by atoms with E-state index in [-0.39, 0.29) is 0 Å². The Morgan fingerprint density at radius 3 is 2.64 bits per heavy atom. The SMILES string of the molecule is CCNC(=NCc1oc2ccccc2c1C)NCC(C)CN1CCN(C)CC1. The van der Waals surface area contributed by atoms with Gasteiger partial charge in [0.25, 0.3) is 0 Å². The molecule has 1 fully saturated rings. The largest absolute Gasteiger partial charge is 0.459 e. The number of fused-ring (bicyclic) bond motifs is 1. The van der Waals surface area contributed by atoms with Crippen molar-refractivity contribution in [3.05, 3.63) is 35.6 Å². The molecule has 0 aliphatic carbocycles. The Kier molecular flexibility index (Phi) is 7.34. The topological polar surface area (TPSA) is 56.0 Å². The van der Waals surface area contributed by atoms with Gasteiger partial charge in [-0.25, -0.2) is 4.99 Å². The summed E-state index contributed by atoms with van der Waals surface area (Å²) in [6.45, 7) is 14.6. The first-order valence-corrected chi connectivity index (χ1v) is 10.5. The standard InChI is InChI=1S/C22H35N5O/c1-5-23-22(24-14-17(2)16-27-12-10-26(4)11-13-27)25-15-21-18(3)19-8-6-7-9-20(19)28-21/h6-9,17H,5,10-16H2,1-4H3,(H2,23,24,25). The van der Waals surface area contributed by atoms with Gasteiger partial charge in [0.1, 0.15) is 17.9 Å². The van der Waals surface area contributed by atoms with Crippen molar-refractivity contribution in [2.24, 2.45) is 10.9 Å². The third-order valence-corrected chi connectivity index (χ3v) is 5.45. The van der Waals surface area contributed by atoms with Crippen molar-refractivity contribution in [2.45, 2.75) is 27.3 Å². The number of nitrogens with one attached hydrogen (secondary N) is 2. The Hall–Kier alpha value is -2.05. The highest BCUT2D eigenvalue weighted by Gasteiger charge is 2.16. The molecule has 0 amide bonds. The summed E-state index contributed by atoms with van der Waals surface area (Å²) in [4.78, 5) is 9.71. The van der Waals surface area contributed by atoms with Crippen molar-refractivity contribution < 1.29 is 4.42 Å². The Morgan fingerprint density at radius 2 is 1.93 bits per heavy atom. The summed E-state index contributed by atoms with van der Waals surface area (Å²) in [6, 6.07) is 8.17. The summed E-state index contributed by atoms with van der Waals surface area (Å²) in [5, 5.41) is 8.02. The third kappa shape index (κ3) is 5.49. The maximum Gasteiger partial charge on any atom is 0.191 e. The van der Waals surface area contributed by atoms with Gasteiger partial charge in [0, 0.05) is 56.8 Å². The molecule has 3 rings (SSSR count). The van der Waals surface area contributed by atoms with Crippen molar-refractivity contribution in [3.8, 4) is 0 Å². The molecular formula is C22H35N5O. The van der Waals surface area contributed by atoms with Gasteiger partial charge in [0.2, 0.25) is 0 Å². The summed E-state index contributed by atoms with van der Waals surface area (Å²) in [6.07, 6.45) is 0. The van der Waals surface area contributed by atoms with E-state index >= 15 is 0 Å². The average molecular weight is 386 g/mol. The molecule has 1 atom stereocenters. The Morgan fingerprint density at radius 1 is 1.18 bits per heavy atom. The van der Waals surface area contributed by atoms with E-state index in [4.69, 9.17) is 9.41 Å². The molecule has 0 bridgehead atoms. The van der Waals surface area contributed by atoms with E-state index in [1.54, 1.807) is 0 Å². The van der Waals surface area contributed by atoms with Gasteiger partial charge in [0.05, 0.1) is 0 Å². The summed E-state index contributed by atoms with van der Waals surface area (Å²) >= 11 is 0. The second kappa shape index (κ2) is 9.94. The molecule has 1 saturated heterocycles. The van der Waals surface area contributed by atoms with E-state index < -0.39 is 0 Å². The molecule has 1 unspecified atom stereocenters. The van der Waals surface area contributed by atoms with E-state index in [1.807, 2.05) is 18.2 Å². The van der Waals surface area contributed by atoms with Crippen molar-refractivity contribution in [3.63, 3.8) is 0 Å². The van der Waals surface area contributed by atoms with Crippen LogP contribution in [0.15, 0.2) is 33.7 Å². The fraction of sp³-hybridized carbons (Fsp3) is 0.591.